The van der Waals surface area contributed by atoms with Crippen LogP contribution in [0.5, 0.6) is 0 Å². The van der Waals surface area contributed by atoms with Gasteiger partial charge in [-0.3, -0.25) is 9.59 Å². The Bertz CT molecular complexity index is 494. The summed E-state index contributed by atoms with van der Waals surface area (Å²) >= 11 is 0. The first-order valence-electron chi connectivity index (χ1n) is 7.94. The van der Waals surface area contributed by atoms with Gasteiger partial charge in [0.25, 0.3) is 0 Å². The van der Waals surface area contributed by atoms with Crippen LogP contribution in [0.15, 0.2) is 30.3 Å². The summed E-state index contributed by atoms with van der Waals surface area (Å²) in [5.74, 6) is -0.704. The highest BCUT2D eigenvalue weighted by Crippen LogP contribution is 2.18. The van der Waals surface area contributed by atoms with E-state index in [1.807, 2.05) is 18.2 Å². The van der Waals surface area contributed by atoms with Crippen LogP contribution < -0.4 is 10.6 Å². The maximum absolute atomic E-state index is 11.8. The van der Waals surface area contributed by atoms with Gasteiger partial charge in [0.15, 0.2) is 0 Å². The molecule has 0 radical (unpaired) electrons. The van der Waals surface area contributed by atoms with Crippen molar-refractivity contribution in [1.29, 1.82) is 0 Å². The first-order valence-corrected chi connectivity index (χ1v) is 7.94. The fourth-order valence-corrected chi connectivity index (χ4v) is 2.70. The van der Waals surface area contributed by atoms with E-state index >= 15 is 0 Å². The Balaban J connectivity index is 1.71. The lowest BCUT2D eigenvalue weighted by Crippen LogP contribution is -2.43. The van der Waals surface area contributed by atoms with Crippen molar-refractivity contribution in [1.82, 2.24) is 10.2 Å². The second-order valence-electron chi connectivity index (χ2n) is 6.10. The molecule has 1 fully saturated rings. The van der Waals surface area contributed by atoms with Crippen molar-refractivity contribution in [2.24, 2.45) is 5.92 Å². The van der Waals surface area contributed by atoms with E-state index in [1.54, 1.807) is 12.1 Å². The number of rotatable bonds is 4. The normalized spacial score (nSPS) is 16.5. The smallest absolute Gasteiger partial charge is 0.313 e. The number of nitrogens with zero attached hydrogens (tertiary/aromatic N) is 1. The number of carbonyl (C=O) groups is 2. The molecule has 22 heavy (non-hydrogen) atoms. The largest absolute Gasteiger partial charge is 0.348 e. The van der Waals surface area contributed by atoms with Gasteiger partial charge in [-0.15, -0.1) is 0 Å². The van der Waals surface area contributed by atoms with Crippen LogP contribution in [0.4, 0.5) is 5.69 Å². The maximum atomic E-state index is 11.8. The molecule has 1 heterocycles. The van der Waals surface area contributed by atoms with Gasteiger partial charge in [0.2, 0.25) is 0 Å². The number of hydrogen-bond acceptors (Lipinski definition) is 3. The number of likely N-dealkylation sites (tertiary alicyclic amines) is 1. The maximum Gasteiger partial charge on any atom is 0.313 e. The molecule has 2 N–H and O–H groups in total. The van der Waals surface area contributed by atoms with E-state index in [0.29, 0.717) is 24.2 Å². The summed E-state index contributed by atoms with van der Waals surface area (Å²) in [6.07, 6.45) is 2.14. The molecule has 0 saturated carbocycles. The lowest BCUT2D eigenvalue weighted by molar-refractivity contribution is -0.136. The van der Waals surface area contributed by atoms with E-state index in [1.165, 1.54) is 0 Å². The van der Waals surface area contributed by atoms with Crippen LogP contribution in [0.3, 0.4) is 0 Å². The number of amides is 2. The summed E-state index contributed by atoms with van der Waals surface area (Å²) in [6.45, 7) is 7.11. The molecule has 1 aliphatic heterocycles. The molecule has 1 aliphatic rings. The quantitative estimate of drug-likeness (QED) is 0.835. The van der Waals surface area contributed by atoms with Crippen LogP contribution in [-0.4, -0.2) is 42.4 Å². The highest BCUT2D eigenvalue weighted by molar-refractivity contribution is 6.39. The van der Waals surface area contributed by atoms with Crippen molar-refractivity contribution < 1.29 is 9.59 Å². The van der Waals surface area contributed by atoms with Crippen LogP contribution in [0.2, 0.25) is 0 Å². The Hall–Kier alpha value is -1.88. The molecule has 1 aromatic carbocycles. The predicted molar refractivity (Wildman–Crippen MR) is 87.5 cm³/mol. The minimum atomic E-state index is -0.606. The van der Waals surface area contributed by atoms with Crippen LogP contribution in [-0.2, 0) is 9.59 Å². The molecule has 0 bridgehead atoms. The molecule has 0 aromatic heterocycles. The molecule has 0 aliphatic carbocycles. The van der Waals surface area contributed by atoms with E-state index in [-0.39, 0.29) is 0 Å². The molecule has 0 spiro atoms. The topological polar surface area (TPSA) is 61.4 Å². The molecule has 1 aromatic rings. The molecule has 2 amide bonds. The van der Waals surface area contributed by atoms with Crippen LogP contribution in [0.1, 0.15) is 26.7 Å². The molecule has 1 saturated heterocycles. The minimum Gasteiger partial charge on any atom is -0.348 e. The molecule has 0 atom stereocenters. The van der Waals surface area contributed by atoms with E-state index in [4.69, 9.17) is 0 Å². The van der Waals surface area contributed by atoms with Gasteiger partial charge in [-0.05, 0) is 57.8 Å². The summed E-state index contributed by atoms with van der Waals surface area (Å²) in [5, 5.41) is 5.34. The summed E-state index contributed by atoms with van der Waals surface area (Å²) < 4.78 is 0. The predicted octanol–water partition coefficient (Wildman–Crippen LogP) is 1.86. The highest BCUT2D eigenvalue weighted by atomic mass is 16.2. The zero-order valence-electron chi connectivity index (χ0n) is 13.3. The summed E-state index contributed by atoms with van der Waals surface area (Å²) in [6, 6.07) is 9.58. The number of benzene rings is 1. The molecule has 120 valence electrons. The Labute approximate surface area is 132 Å². The average Bonchev–Trinajstić information content (AvgIpc) is 2.53. The third-order valence-corrected chi connectivity index (χ3v) is 4.17. The van der Waals surface area contributed by atoms with Gasteiger partial charge in [0.1, 0.15) is 0 Å². The number of para-hydroxylation sites is 1. The molecular formula is C17H25N3O2. The Morgan fingerprint density at radius 2 is 1.77 bits per heavy atom. The number of nitrogens with one attached hydrogen (secondary N) is 2. The van der Waals surface area contributed by atoms with Crippen LogP contribution in [0, 0.1) is 5.92 Å². The summed E-state index contributed by atoms with van der Waals surface area (Å²) in [5.41, 5.74) is 0.632. The van der Waals surface area contributed by atoms with Gasteiger partial charge >= 0.3 is 11.8 Å². The molecule has 0 unspecified atom stereocenters. The van der Waals surface area contributed by atoms with E-state index < -0.39 is 11.8 Å². The Morgan fingerprint density at radius 1 is 1.14 bits per heavy atom. The Kier molecular flexibility index (Phi) is 5.95. The third kappa shape index (κ3) is 4.84. The van der Waals surface area contributed by atoms with Crippen LogP contribution >= 0.6 is 0 Å². The molecule has 5 heteroatoms. The SMILES string of the molecule is CC(C)N1CCC(CNC(=O)C(=O)Nc2ccccc2)CC1. The van der Waals surface area contributed by atoms with Gasteiger partial charge in [0, 0.05) is 18.3 Å². The fourth-order valence-electron chi connectivity index (χ4n) is 2.70. The van der Waals surface area contributed by atoms with Crippen molar-refractivity contribution >= 4 is 17.5 Å². The van der Waals surface area contributed by atoms with Gasteiger partial charge in [-0.25, -0.2) is 0 Å². The zero-order valence-corrected chi connectivity index (χ0v) is 13.3. The summed E-state index contributed by atoms with van der Waals surface area (Å²) in [7, 11) is 0. The summed E-state index contributed by atoms with van der Waals surface area (Å²) in [4.78, 5) is 26.1. The van der Waals surface area contributed by atoms with Crippen molar-refractivity contribution in [2.75, 3.05) is 25.0 Å². The highest BCUT2D eigenvalue weighted by Gasteiger charge is 2.22. The molecule has 5 nitrogen and oxygen atoms in total. The monoisotopic (exact) mass is 303 g/mol. The first-order chi connectivity index (χ1) is 10.6. The van der Waals surface area contributed by atoms with Crippen molar-refractivity contribution in [3.05, 3.63) is 30.3 Å². The second kappa shape index (κ2) is 7.94. The fraction of sp³-hybridized carbons (Fsp3) is 0.529. The number of carbonyl (C=O) groups excluding carboxylic acids is 2. The van der Waals surface area contributed by atoms with Gasteiger partial charge in [0.05, 0.1) is 0 Å². The lowest BCUT2D eigenvalue weighted by Gasteiger charge is -2.34. The van der Waals surface area contributed by atoms with Crippen molar-refractivity contribution in [3.63, 3.8) is 0 Å². The second-order valence-corrected chi connectivity index (χ2v) is 6.10. The molecular weight excluding hydrogens is 278 g/mol. The van der Waals surface area contributed by atoms with Crippen LogP contribution in [0.25, 0.3) is 0 Å². The van der Waals surface area contributed by atoms with Gasteiger partial charge < -0.3 is 15.5 Å². The third-order valence-electron chi connectivity index (χ3n) is 4.17. The zero-order chi connectivity index (χ0) is 15.9. The van der Waals surface area contributed by atoms with E-state index in [2.05, 4.69) is 29.4 Å². The van der Waals surface area contributed by atoms with E-state index in [9.17, 15) is 9.59 Å². The average molecular weight is 303 g/mol. The van der Waals surface area contributed by atoms with E-state index in [0.717, 1.165) is 25.9 Å². The first kappa shape index (κ1) is 16.5. The number of anilines is 1. The van der Waals surface area contributed by atoms with Crippen molar-refractivity contribution in [3.8, 4) is 0 Å². The Morgan fingerprint density at radius 3 is 2.36 bits per heavy atom. The number of hydrogen-bond donors (Lipinski definition) is 2. The number of piperidine rings is 1. The molecule has 2 rings (SSSR count). The standard InChI is InChI=1S/C17H25N3O2/c1-13(2)20-10-8-14(9-11-20)12-18-16(21)17(22)19-15-6-4-3-5-7-15/h3-7,13-14H,8-12H2,1-2H3,(H,18,21)(H,19,22). The minimum absolute atomic E-state index is 0.462. The van der Waals surface area contributed by atoms with Gasteiger partial charge in [-0.2, -0.15) is 0 Å². The lowest BCUT2D eigenvalue weighted by atomic mass is 9.96. The van der Waals surface area contributed by atoms with Gasteiger partial charge in [-0.1, -0.05) is 18.2 Å². The van der Waals surface area contributed by atoms with Crippen molar-refractivity contribution in [2.45, 2.75) is 32.7 Å².